The maximum Gasteiger partial charge on any atom is 0.255 e. The van der Waals surface area contributed by atoms with Crippen molar-refractivity contribution in [2.24, 2.45) is 0 Å². The van der Waals surface area contributed by atoms with Crippen molar-refractivity contribution in [3.05, 3.63) is 71.9 Å². The first kappa shape index (κ1) is 19.8. The van der Waals surface area contributed by atoms with Gasteiger partial charge in [-0.05, 0) is 38.2 Å². The molecule has 0 saturated carbocycles. The molecule has 0 aliphatic rings. The molecule has 3 aromatic rings. The van der Waals surface area contributed by atoms with Crippen LogP contribution in [0.3, 0.4) is 0 Å². The Morgan fingerprint density at radius 2 is 1.82 bits per heavy atom. The maximum absolute atomic E-state index is 12.9. The molecule has 0 atom stereocenters. The number of benzene rings is 2. The largest absolute Gasteiger partial charge is 0.351 e. The Labute approximate surface area is 167 Å². The zero-order chi connectivity index (χ0) is 19.9. The minimum atomic E-state index is -0.0918. The smallest absolute Gasteiger partial charge is 0.255 e. The van der Waals surface area contributed by atoms with Gasteiger partial charge < -0.3 is 10.2 Å². The standard InChI is InChI=1S/C23H28N4O/c1-4-26(5-2)15-14-24-23(28)21-17-27(20-12-7-6-8-13-20)25-22(21)19-11-9-10-18(3)16-19/h6-13,16-17H,4-5,14-15H2,1-3H3,(H,24,28). The van der Waals surface area contributed by atoms with Crippen LogP contribution in [-0.4, -0.2) is 46.8 Å². The van der Waals surface area contributed by atoms with Gasteiger partial charge in [-0.15, -0.1) is 0 Å². The van der Waals surface area contributed by atoms with Crippen LogP contribution in [0.2, 0.25) is 0 Å². The van der Waals surface area contributed by atoms with Gasteiger partial charge in [-0.25, -0.2) is 4.68 Å². The zero-order valence-corrected chi connectivity index (χ0v) is 16.9. The summed E-state index contributed by atoms with van der Waals surface area (Å²) in [5.74, 6) is -0.0918. The molecule has 0 unspecified atom stereocenters. The van der Waals surface area contributed by atoms with Crippen molar-refractivity contribution in [1.82, 2.24) is 20.0 Å². The molecule has 0 aliphatic carbocycles. The van der Waals surface area contributed by atoms with E-state index in [0.717, 1.165) is 36.4 Å². The number of para-hydroxylation sites is 1. The fraction of sp³-hybridized carbons (Fsp3) is 0.304. The molecule has 3 rings (SSSR count). The Balaban J connectivity index is 1.89. The van der Waals surface area contributed by atoms with Crippen molar-refractivity contribution in [1.29, 1.82) is 0 Å². The number of nitrogens with zero attached hydrogens (tertiary/aromatic N) is 3. The van der Waals surface area contributed by atoms with E-state index in [2.05, 4.69) is 30.1 Å². The van der Waals surface area contributed by atoms with E-state index < -0.39 is 0 Å². The minimum absolute atomic E-state index is 0.0918. The van der Waals surface area contributed by atoms with Crippen LogP contribution in [0.1, 0.15) is 29.8 Å². The van der Waals surface area contributed by atoms with Crippen LogP contribution in [0.5, 0.6) is 0 Å². The summed E-state index contributed by atoms with van der Waals surface area (Å²) in [6, 6.07) is 18.0. The van der Waals surface area contributed by atoms with Crippen molar-refractivity contribution >= 4 is 5.91 Å². The number of hydrogen-bond acceptors (Lipinski definition) is 3. The minimum Gasteiger partial charge on any atom is -0.351 e. The number of carbonyl (C=O) groups excluding carboxylic acids is 1. The average molecular weight is 377 g/mol. The van der Waals surface area contributed by atoms with Crippen LogP contribution >= 0.6 is 0 Å². The Hall–Kier alpha value is -2.92. The highest BCUT2D eigenvalue weighted by Crippen LogP contribution is 2.24. The average Bonchev–Trinajstić information content (AvgIpc) is 3.17. The molecule has 0 saturated heterocycles. The predicted octanol–water partition coefficient (Wildman–Crippen LogP) is 3.92. The molecule has 146 valence electrons. The van der Waals surface area contributed by atoms with Gasteiger partial charge in [0, 0.05) is 24.8 Å². The normalized spacial score (nSPS) is 11.0. The zero-order valence-electron chi connectivity index (χ0n) is 16.9. The van der Waals surface area contributed by atoms with E-state index in [1.165, 1.54) is 0 Å². The molecule has 28 heavy (non-hydrogen) atoms. The second kappa shape index (κ2) is 9.33. The molecule has 0 aliphatic heterocycles. The summed E-state index contributed by atoms with van der Waals surface area (Å²) < 4.78 is 1.77. The van der Waals surface area contributed by atoms with Crippen LogP contribution in [0, 0.1) is 6.92 Å². The number of nitrogens with one attached hydrogen (secondary N) is 1. The van der Waals surface area contributed by atoms with Crippen LogP contribution in [-0.2, 0) is 0 Å². The molecule has 5 heteroatoms. The summed E-state index contributed by atoms with van der Waals surface area (Å²) in [5, 5.41) is 7.79. The van der Waals surface area contributed by atoms with Crippen molar-refractivity contribution in [2.45, 2.75) is 20.8 Å². The SMILES string of the molecule is CCN(CC)CCNC(=O)c1cn(-c2ccccc2)nc1-c1cccc(C)c1. The van der Waals surface area contributed by atoms with E-state index in [1.54, 1.807) is 4.68 Å². The third-order valence-corrected chi connectivity index (χ3v) is 4.88. The number of carbonyl (C=O) groups is 1. The molecule has 1 amide bonds. The lowest BCUT2D eigenvalue weighted by molar-refractivity contribution is 0.0949. The van der Waals surface area contributed by atoms with E-state index in [9.17, 15) is 4.79 Å². The second-order valence-corrected chi connectivity index (χ2v) is 6.82. The topological polar surface area (TPSA) is 50.2 Å². The first-order valence-corrected chi connectivity index (χ1v) is 9.85. The third-order valence-electron chi connectivity index (χ3n) is 4.88. The van der Waals surface area contributed by atoms with Crippen molar-refractivity contribution in [3.8, 4) is 16.9 Å². The lowest BCUT2D eigenvalue weighted by atomic mass is 10.1. The van der Waals surface area contributed by atoms with Gasteiger partial charge in [0.25, 0.3) is 5.91 Å². The molecule has 5 nitrogen and oxygen atoms in total. The molecule has 0 radical (unpaired) electrons. The monoisotopic (exact) mass is 376 g/mol. The van der Waals surface area contributed by atoms with E-state index in [1.807, 2.05) is 61.7 Å². The van der Waals surface area contributed by atoms with Crippen molar-refractivity contribution < 1.29 is 4.79 Å². The first-order valence-electron chi connectivity index (χ1n) is 9.85. The molecule has 1 aromatic heterocycles. The van der Waals surface area contributed by atoms with Crippen LogP contribution in [0.4, 0.5) is 0 Å². The van der Waals surface area contributed by atoms with Crippen molar-refractivity contribution in [3.63, 3.8) is 0 Å². The highest BCUT2D eigenvalue weighted by atomic mass is 16.1. The van der Waals surface area contributed by atoms with Gasteiger partial charge in [0.2, 0.25) is 0 Å². The van der Waals surface area contributed by atoms with E-state index in [0.29, 0.717) is 17.8 Å². The molecular formula is C23H28N4O. The van der Waals surface area contributed by atoms with E-state index >= 15 is 0 Å². The Morgan fingerprint density at radius 1 is 1.07 bits per heavy atom. The highest BCUT2D eigenvalue weighted by Gasteiger charge is 2.18. The van der Waals surface area contributed by atoms with Crippen LogP contribution < -0.4 is 5.32 Å². The fourth-order valence-corrected chi connectivity index (χ4v) is 3.22. The Bertz CT molecular complexity index is 913. The predicted molar refractivity (Wildman–Crippen MR) is 114 cm³/mol. The van der Waals surface area contributed by atoms with E-state index in [-0.39, 0.29) is 5.91 Å². The van der Waals surface area contributed by atoms with Gasteiger partial charge >= 0.3 is 0 Å². The summed E-state index contributed by atoms with van der Waals surface area (Å²) >= 11 is 0. The van der Waals surface area contributed by atoms with Gasteiger partial charge in [0.15, 0.2) is 0 Å². The fourth-order valence-electron chi connectivity index (χ4n) is 3.22. The lowest BCUT2D eigenvalue weighted by Gasteiger charge is -2.17. The quantitative estimate of drug-likeness (QED) is 0.648. The third kappa shape index (κ3) is 4.67. The number of likely N-dealkylation sites (N-methyl/N-ethyl adjacent to an activating group) is 1. The van der Waals surface area contributed by atoms with Gasteiger partial charge in [-0.2, -0.15) is 5.10 Å². The molecule has 0 fully saturated rings. The van der Waals surface area contributed by atoms with Gasteiger partial charge in [-0.3, -0.25) is 4.79 Å². The summed E-state index contributed by atoms with van der Waals surface area (Å²) in [6.07, 6.45) is 1.82. The van der Waals surface area contributed by atoms with Gasteiger partial charge in [0.05, 0.1) is 11.3 Å². The number of hydrogen-bond donors (Lipinski definition) is 1. The van der Waals surface area contributed by atoms with Gasteiger partial charge in [-0.1, -0.05) is 55.8 Å². The van der Waals surface area contributed by atoms with Crippen LogP contribution in [0.15, 0.2) is 60.8 Å². The lowest BCUT2D eigenvalue weighted by Crippen LogP contribution is -2.34. The highest BCUT2D eigenvalue weighted by molar-refractivity contribution is 6.00. The van der Waals surface area contributed by atoms with Gasteiger partial charge in [0.1, 0.15) is 5.69 Å². The first-order chi connectivity index (χ1) is 13.6. The summed E-state index contributed by atoms with van der Waals surface area (Å²) in [6.45, 7) is 9.72. The molecule has 1 heterocycles. The number of aromatic nitrogens is 2. The van der Waals surface area contributed by atoms with E-state index in [4.69, 9.17) is 5.10 Å². The number of rotatable bonds is 8. The Morgan fingerprint density at radius 3 is 2.50 bits per heavy atom. The van der Waals surface area contributed by atoms with Crippen molar-refractivity contribution in [2.75, 3.05) is 26.2 Å². The molecule has 2 aromatic carbocycles. The second-order valence-electron chi connectivity index (χ2n) is 6.82. The maximum atomic E-state index is 12.9. The summed E-state index contributed by atoms with van der Waals surface area (Å²) in [4.78, 5) is 15.2. The Kier molecular flexibility index (Phi) is 6.61. The molecule has 0 spiro atoms. The molecule has 1 N–H and O–H groups in total. The molecular weight excluding hydrogens is 348 g/mol. The number of aryl methyl sites for hydroxylation is 1. The number of amides is 1. The molecule has 0 bridgehead atoms. The summed E-state index contributed by atoms with van der Waals surface area (Å²) in [5.41, 5.74) is 4.31. The van der Waals surface area contributed by atoms with Crippen LogP contribution in [0.25, 0.3) is 16.9 Å². The summed E-state index contributed by atoms with van der Waals surface area (Å²) in [7, 11) is 0.